The Hall–Kier alpha value is -1.63. The van der Waals surface area contributed by atoms with Gasteiger partial charge in [-0.1, -0.05) is 0 Å². The van der Waals surface area contributed by atoms with Gasteiger partial charge >= 0.3 is 6.09 Å². The Morgan fingerprint density at radius 2 is 1.71 bits per heavy atom. The van der Waals surface area contributed by atoms with Crippen LogP contribution in [0.25, 0.3) is 0 Å². The molecule has 0 bridgehead atoms. The van der Waals surface area contributed by atoms with E-state index < -0.39 is 11.0 Å². The van der Waals surface area contributed by atoms with Crippen LogP contribution in [0.1, 0.15) is 65.7 Å². The molecule has 0 radical (unpaired) electrons. The lowest BCUT2D eigenvalue weighted by atomic mass is 9.77. The predicted molar refractivity (Wildman–Crippen MR) is 104 cm³/mol. The summed E-state index contributed by atoms with van der Waals surface area (Å²) in [6.45, 7) is 8.69. The summed E-state index contributed by atoms with van der Waals surface area (Å²) in [5, 5.41) is 0. The summed E-state index contributed by atoms with van der Waals surface area (Å²) in [4.78, 5) is 43.6. The Labute approximate surface area is 167 Å². The molecule has 3 saturated heterocycles. The average molecular weight is 392 g/mol. The highest BCUT2D eigenvalue weighted by Gasteiger charge is 2.56. The molecule has 1 unspecified atom stereocenters. The van der Waals surface area contributed by atoms with E-state index in [-0.39, 0.29) is 23.9 Å². The van der Waals surface area contributed by atoms with Crippen LogP contribution in [0.4, 0.5) is 4.79 Å². The summed E-state index contributed by atoms with van der Waals surface area (Å²) in [6, 6.07) is 0.542. The zero-order valence-corrected chi connectivity index (χ0v) is 17.4. The van der Waals surface area contributed by atoms with E-state index in [0.717, 1.165) is 45.1 Å². The number of imide groups is 1. The molecule has 0 aromatic heterocycles. The fourth-order valence-electron chi connectivity index (χ4n) is 5.06. The molecular weight excluding hydrogens is 358 g/mol. The highest BCUT2D eigenvalue weighted by molar-refractivity contribution is 6.06. The van der Waals surface area contributed by atoms with Crippen LogP contribution in [0, 0.1) is 5.41 Å². The zero-order valence-electron chi connectivity index (χ0n) is 17.4. The van der Waals surface area contributed by atoms with Crippen LogP contribution >= 0.6 is 0 Å². The smallest absolute Gasteiger partial charge is 0.410 e. The number of rotatable bonds is 2. The monoisotopic (exact) mass is 391 g/mol. The molecule has 4 fully saturated rings. The van der Waals surface area contributed by atoms with E-state index in [1.807, 2.05) is 20.8 Å². The zero-order chi connectivity index (χ0) is 20.1. The molecule has 1 spiro atoms. The molecular formula is C21H33N3O4. The first kappa shape index (κ1) is 19.7. The van der Waals surface area contributed by atoms with Crippen molar-refractivity contribution in [3.05, 3.63) is 0 Å². The van der Waals surface area contributed by atoms with Crippen molar-refractivity contribution in [1.82, 2.24) is 14.7 Å². The van der Waals surface area contributed by atoms with Gasteiger partial charge in [0.1, 0.15) is 5.60 Å². The maximum absolute atomic E-state index is 13.1. The molecule has 1 aliphatic carbocycles. The number of hydrogen-bond donors (Lipinski definition) is 0. The first-order valence-corrected chi connectivity index (χ1v) is 10.8. The summed E-state index contributed by atoms with van der Waals surface area (Å²) in [7, 11) is 0. The van der Waals surface area contributed by atoms with Crippen molar-refractivity contribution in [2.24, 2.45) is 5.41 Å². The normalized spacial score (nSPS) is 30.4. The van der Waals surface area contributed by atoms with Crippen LogP contribution in [0.3, 0.4) is 0 Å². The second-order valence-corrected chi connectivity index (χ2v) is 10.0. The number of carbonyl (C=O) groups excluding carboxylic acids is 3. The minimum atomic E-state index is -0.500. The van der Waals surface area contributed by atoms with Gasteiger partial charge in [0.05, 0.1) is 5.41 Å². The summed E-state index contributed by atoms with van der Waals surface area (Å²) >= 11 is 0. The molecule has 3 aliphatic heterocycles. The van der Waals surface area contributed by atoms with E-state index in [1.54, 1.807) is 9.80 Å². The van der Waals surface area contributed by atoms with Crippen molar-refractivity contribution in [2.45, 2.75) is 83.4 Å². The number of likely N-dealkylation sites (tertiary alicyclic amines) is 3. The lowest BCUT2D eigenvalue weighted by molar-refractivity contribution is -0.143. The second-order valence-electron chi connectivity index (χ2n) is 10.0. The summed E-state index contributed by atoms with van der Waals surface area (Å²) in [5.41, 5.74) is -0.976. The molecule has 4 rings (SSSR count). The molecule has 4 aliphatic rings. The van der Waals surface area contributed by atoms with Crippen LogP contribution in [0.15, 0.2) is 0 Å². The summed E-state index contributed by atoms with van der Waals surface area (Å²) in [5.74, 6) is 0.116. The topological polar surface area (TPSA) is 70.2 Å². The third-order valence-corrected chi connectivity index (χ3v) is 6.58. The van der Waals surface area contributed by atoms with Crippen LogP contribution in [-0.4, -0.2) is 76.5 Å². The Bertz CT molecular complexity index is 661. The molecule has 1 atom stereocenters. The van der Waals surface area contributed by atoms with E-state index in [4.69, 9.17) is 4.74 Å². The standard InChI is InChI=1S/C21H33N3O4/c1-20(2,3)28-19(27)22-11-7-15(8-12-22)23-10-4-9-21(14-23)13-17(25)24(18(21)26)16-5-6-16/h15-16H,4-14H2,1-3H3. The molecule has 7 heteroatoms. The quantitative estimate of drug-likeness (QED) is 0.676. The first-order valence-electron chi connectivity index (χ1n) is 10.8. The molecule has 7 nitrogen and oxygen atoms in total. The first-order chi connectivity index (χ1) is 13.2. The van der Waals surface area contributed by atoms with E-state index in [0.29, 0.717) is 32.1 Å². The fraction of sp³-hybridized carbons (Fsp3) is 0.857. The Balaban J connectivity index is 1.35. The number of ether oxygens (including phenoxy) is 1. The van der Waals surface area contributed by atoms with Crippen LogP contribution in [-0.2, 0) is 14.3 Å². The van der Waals surface area contributed by atoms with Crippen LogP contribution < -0.4 is 0 Å². The Morgan fingerprint density at radius 1 is 1.04 bits per heavy atom. The largest absolute Gasteiger partial charge is 0.444 e. The SMILES string of the molecule is CC(C)(C)OC(=O)N1CCC(N2CCCC3(CC(=O)N(C4CC4)C3=O)C2)CC1. The minimum Gasteiger partial charge on any atom is -0.444 e. The Kier molecular flexibility index (Phi) is 4.92. The van der Waals surface area contributed by atoms with Gasteiger partial charge in [0, 0.05) is 38.1 Å². The minimum absolute atomic E-state index is 0.0362. The molecule has 3 heterocycles. The number of hydrogen-bond acceptors (Lipinski definition) is 5. The van der Waals surface area contributed by atoms with Crippen molar-refractivity contribution in [3.8, 4) is 0 Å². The molecule has 3 amide bonds. The van der Waals surface area contributed by atoms with E-state index in [1.165, 1.54) is 0 Å². The fourth-order valence-corrected chi connectivity index (χ4v) is 5.06. The van der Waals surface area contributed by atoms with Crippen LogP contribution in [0.5, 0.6) is 0 Å². The van der Waals surface area contributed by atoms with Gasteiger partial charge in [0.2, 0.25) is 11.8 Å². The van der Waals surface area contributed by atoms with Crippen molar-refractivity contribution in [1.29, 1.82) is 0 Å². The molecule has 28 heavy (non-hydrogen) atoms. The molecule has 0 aromatic carbocycles. The third-order valence-electron chi connectivity index (χ3n) is 6.58. The van der Waals surface area contributed by atoms with Crippen molar-refractivity contribution in [2.75, 3.05) is 26.2 Å². The summed E-state index contributed by atoms with van der Waals surface area (Å²) < 4.78 is 5.49. The third kappa shape index (κ3) is 3.78. The average Bonchev–Trinajstić information content (AvgIpc) is 3.42. The van der Waals surface area contributed by atoms with Crippen molar-refractivity contribution < 1.29 is 19.1 Å². The summed E-state index contributed by atoms with van der Waals surface area (Å²) in [6.07, 6.45) is 5.67. The van der Waals surface area contributed by atoms with Gasteiger partial charge in [0.25, 0.3) is 0 Å². The highest BCUT2D eigenvalue weighted by Crippen LogP contribution is 2.45. The van der Waals surface area contributed by atoms with Gasteiger partial charge in [-0.05, 0) is 65.8 Å². The van der Waals surface area contributed by atoms with E-state index >= 15 is 0 Å². The van der Waals surface area contributed by atoms with E-state index in [9.17, 15) is 14.4 Å². The van der Waals surface area contributed by atoms with Gasteiger partial charge < -0.3 is 9.64 Å². The maximum atomic E-state index is 13.1. The molecule has 0 aromatic rings. The predicted octanol–water partition coefficient (Wildman–Crippen LogP) is 2.39. The van der Waals surface area contributed by atoms with Gasteiger partial charge in [-0.15, -0.1) is 0 Å². The molecule has 156 valence electrons. The molecule has 0 N–H and O–H groups in total. The van der Waals surface area contributed by atoms with Crippen molar-refractivity contribution in [3.63, 3.8) is 0 Å². The van der Waals surface area contributed by atoms with Gasteiger partial charge in [-0.2, -0.15) is 0 Å². The van der Waals surface area contributed by atoms with Crippen LogP contribution in [0.2, 0.25) is 0 Å². The lowest BCUT2D eigenvalue weighted by Gasteiger charge is -2.45. The van der Waals surface area contributed by atoms with Crippen molar-refractivity contribution >= 4 is 17.9 Å². The lowest BCUT2D eigenvalue weighted by Crippen LogP contribution is -2.54. The number of nitrogens with zero attached hydrogens (tertiary/aromatic N) is 3. The molecule has 1 saturated carbocycles. The highest BCUT2D eigenvalue weighted by atomic mass is 16.6. The van der Waals surface area contributed by atoms with E-state index in [2.05, 4.69) is 4.90 Å². The Morgan fingerprint density at radius 3 is 2.32 bits per heavy atom. The number of piperidine rings is 2. The van der Waals surface area contributed by atoms with Gasteiger partial charge in [-0.3, -0.25) is 19.4 Å². The number of amides is 3. The van der Waals surface area contributed by atoms with Gasteiger partial charge in [-0.25, -0.2) is 4.79 Å². The van der Waals surface area contributed by atoms with Gasteiger partial charge in [0.15, 0.2) is 0 Å². The number of carbonyl (C=O) groups is 3. The maximum Gasteiger partial charge on any atom is 0.410 e. The second kappa shape index (κ2) is 7.01.